The molecule has 0 bridgehead atoms. The minimum Gasteiger partial charge on any atom is -0.377 e. The van der Waals surface area contributed by atoms with E-state index in [4.69, 9.17) is 4.98 Å². The number of aliphatic hydroxyl groups excluding tert-OH is 1. The predicted octanol–water partition coefficient (Wildman–Crippen LogP) is 2.89. The zero-order valence-corrected chi connectivity index (χ0v) is 20.3. The largest absolute Gasteiger partial charge is 0.377 e. The molecule has 0 radical (unpaired) electrons. The highest BCUT2D eigenvalue weighted by atomic mass is 16.3. The molecule has 4 rings (SSSR count). The first-order valence-corrected chi connectivity index (χ1v) is 11.4. The lowest BCUT2D eigenvalue weighted by atomic mass is 9.95. The Labute approximate surface area is 194 Å². The van der Waals surface area contributed by atoms with Crippen molar-refractivity contribution in [1.82, 2.24) is 34.8 Å². The number of nitrogens with zero attached hydrogens (tertiary/aromatic N) is 5. The Hall–Kier alpha value is -3.01. The van der Waals surface area contributed by atoms with E-state index in [-0.39, 0.29) is 5.92 Å². The SMILES string of the molecule is Cc1c(-c2[nH]c3ccc(NCCNC(O)CN(C)C)nc3c2C(C)C)cn2ncnc2c1C. The Morgan fingerprint density at radius 2 is 1.94 bits per heavy atom. The van der Waals surface area contributed by atoms with Crippen molar-refractivity contribution in [1.29, 1.82) is 0 Å². The van der Waals surface area contributed by atoms with Crippen LogP contribution in [0.15, 0.2) is 24.7 Å². The Kier molecular flexibility index (Phi) is 6.64. The van der Waals surface area contributed by atoms with Gasteiger partial charge in [0, 0.05) is 37.0 Å². The molecule has 9 heteroatoms. The molecule has 0 spiro atoms. The zero-order valence-electron chi connectivity index (χ0n) is 20.3. The molecule has 1 atom stereocenters. The van der Waals surface area contributed by atoms with E-state index >= 15 is 0 Å². The van der Waals surface area contributed by atoms with Crippen molar-refractivity contribution in [3.63, 3.8) is 0 Å². The highest BCUT2D eigenvalue weighted by Gasteiger charge is 2.21. The maximum atomic E-state index is 9.95. The number of aromatic amines is 1. The normalized spacial score (nSPS) is 13.0. The molecule has 176 valence electrons. The highest BCUT2D eigenvalue weighted by Crippen LogP contribution is 2.37. The number of aryl methyl sites for hydroxylation is 1. The second kappa shape index (κ2) is 9.46. The van der Waals surface area contributed by atoms with Crippen LogP contribution in [-0.4, -0.2) is 74.5 Å². The van der Waals surface area contributed by atoms with Crippen LogP contribution in [0.5, 0.6) is 0 Å². The fourth-order valence-electron chi connectivity index (χ4n) is 4.25. The molecule has 1 unspecified atom stereocenters. The van der Waals surface area contributed by atoms with Gasteiger partial charge in [-0.15, -0.1) is 0 Å². The fourth-order valence-corrected chi connectivity index (χ4v) is 4.25. The van der Waals surface area contributed by atoms with Gasteiger partial charge in [0.05, 0.1) is 16.7 Å². The number of rotatable bonds is 9. The van der Waals surface area contributed by atoms with E-state index in [0.29, 0.717) is 19.6 Å². The molecule has 0 aliphatic rings. The standard InChI is InChI=1S/C24H34N8O/c1-14(2)21-22(17-11-32-24(27-13-28-32)16(4)15(17)3)29-18-7-8-19(30-23(18)21)25-9-10-26-20(33)12-31(5)6/h7-8,11,13-14,20,26,29,33H,9-10,12H2,1-6H3,(H,25,30). The topological polar surface area (TPSA) is 106 Å². The number of aromatic nitrogens is 5. The Morgan fingerprint density at radius 3 is 2.67 bits per heavy atom. The van der Waals surface area contributed by atoms with E-state index < -0.39 is 6.23 Å². The van der Waals surface area contributed by atoms with Crippen molar-refractivity contribution < 1.29 is 5.11 Å². The first-order chi connectivity index (χ1) is 15.8. The van der Waals surface area contributed by atoms with Crippen molar-refractivity contribution in [3.8, 4) is 11.3 Å². The third-order valence-corrected chi connectivity index (χ3v) is 6.00. The number of anilines is 1. The summed E-state index contributed by atoms with van der Waals surface area (Å²) in [6, 6.07) is 4.06. The van der Waals surface area contributed by atoms with Crippen molar-refractivity contribution in [3.05, 3.63) is 41.3 Å². The lowest BCUT2D eigenvalue weighted by Gasteiger charge is -2.17. The van der Waals surface area contributed by atoms with Crippen molar-refractivity contribution >= 4 is 22.5 Å². The van der Waals surface area contributed by atoms with Crippen LogP contribution in [0.3, 0.4) is 0 Å². The maximum absolute atomic E-state index is 9.95. The molecule has 4 N–H and O–H groups in total. The minimum atomic E-state index is -0.550. The van der Waals surface area contributed by atoms with Crippen molar-refractivity contribution in [2.45, 2.75) is 39.8 Å². The Balaban J connectivity index is 1.63. The molecular weight excluding hydrogens is 416 g/mol. The summed E-state index contributed by atoms with van der Waals surface area (Å²) in [6.45, 7) is 10.5. The van der Waals surface area contributed by atoms with Gasteiger partial charge in [0.15, 0.2) is 5.65 Å². The van der Waals surface area contributed by atoms with Gasteiger partial charge in [0.2, 0.25) is 0 Å². The van der Waals surface area contributed by atoms with Crippen LogP contribution in [0.25, 0.3) is 27.9 Å². The third-order valence-electron chi connectivity index (χ3n) is 6.00. The molecule has 33 heavy (non-hydrogen) atoms. The van der Waals surface area contributed by atoms with Gasteiger partial charge in [-0.2, -0.15) is 5.10 Å². The minimum absolute atomic E-state index is 0.283. The number of H-pyrrole nitrogens is 1. The molecule has 0 amide bonds. The second-order valence-electron chi connectivity index (χ2n) is 9.14. The number of aliphatic hydroxyl groups is 1. The van der Waals surface area contributed by atoms with Gasteiger partial charge in [0.1, 0.15) is 18.4 Å². The monoisotopic (exact) mass is 450 g/mol. The average molecular weight is 451 g/mol. The molecule has 0 aromatic carbocycles. The second-order valence-corrected chi connectivity index (χ2v) is 9.14. The summed E-state index contributed by atoms with van der Waals surface area (Å²) in [6.07, 6.45) is 3.09. The molecule has 0 saturated heterocycles. The summed E-state index contributed by atoms with van der Waals surface area (Å²) in [7, 11) is 3.87. The summed E-state index contributed by atoms with van der Waals surface area (Å²) >= 11 is 0. The van der Waals surface area contributed by atoms with E-state index in [1.807, 2.05) is 35.8 Å². The van der Waals surface area contributed by atoms with E-state index in [2.05, 4.69) is 59.5 Å². The summed E-state index contributed by atoms with van der Waals surface area (Å²) in [4.78, 5) is 14.9. The van der Waals surface area contributed by atoms with Gasteiger partial charge in [-0.05, 0) is 57.1 Å². The van der Waals surface area contributed by atoms with Gasteiger partial charge in [-0.1, -0.05) is 13.8 Å². The molecular formula is C24H34N8O. The smallest absolute Gasteiger partial charge is 0.158 e. The molecule has 0 aliphatic carbocycles. The lowest BCUT2D eigenvalue weighted by molar-refractivity contribution is 0.106. The van der Waals surface area contributed by atoms with Crippen LogP contribution < -0.4 is 10.6 Å². The number of pyridine rings is 2. The molecule has 4 aromatic rings. The van der Waals surface area contributed by atoms with Crippen LogP contribution in [0.2, 0.25) is 0 Å². The zero-order chi connectivity index (χ0) is 23.7. The first kappa shape index (κ1) is 23.2. The molecule has 0 aliphatic heterocycles. The van der Waals surface area contributed by atoms with Gasteiger partial charge in [-0.3, -0.25) is 5.32 Å². The number of hydrogen-bond donors (Lipinski definition) is 4. The van der Waals surface area contributed by atoms with Crippen LogP contribution in [0.1, 0.15) is 36.5 Å². The number of nitrogens with one attached hydrogen (secondary N) is 3. The molecule has 0 fully saturated rings. The van der Waals surface area contributed by atoms with E-state index in [9.17, 15) is 5.11 Å². The van der Waals surface area contributed by atoms with Gasteiger partial charge >= 0.3 is 0 Å². The molecule has 9 nitrogen and oxygen atoms in total. The lowest BCUT2D eigenvalue weighted by Crippen LogP contribution is -2.40. The quantitative estimate of drug-likeness (QED) is 0.229. The van der Waals surface area contributed by atoms with Crippen LogP contribution in [0.4, 0.5) is 5.82 Å². The van der Waals surface area contributed by atoms with Gasteiger partial charge < -0.3 is 20.3 Å². The maximum Gasteiger partial charge on any atom is 0.158 e. The third kappa shape index (κ3) is 4.71. The van der Waals surface area contributed by atoms with Gasteiger partial charge in [-0.25, -0.2) is 14.5 Å². The van der Waals surface area contributed by atoms with E-state index in [1.54, 1.807) is 6.33 Å². The molecule has 4 aromatic heterocycles. The highest BCUT2D eigenvalue weighted by molar-refractivity contribution is 5.90. The predicted molar refractivity (Wildman–Crippen MR) is 133 cm³/mol. The summed E-state index contributed by atoms with van der Waals surface area (Å²) in [5.74, 6) is 1.10. The van der Waals surface area contributed by atoms with Crippen molar-refractivity contribution in [2.24, 2.45) is 0 Å². The van der Waals surface area contributed by atoms with Crippen molar-refractivity contribution in [2.75, 3.05) is 39.0 Å². The van der Waals surface area contributed by atoms with E-state index in [0.717, 1.165) is 39.3 Å². The van der Waals surface area contributed by atoms with E-state index in [1.165, 1.54) is 11.1 Å². The van der Waals surface area contributed by atoms with Gasteiger partial charge in [0.25, 0.3) is 0 Å². The van der Waals surface area contributed by atoms with Crippen LogP contribution in [0, 0.1) is 13.8 Å². The summed E-state index contributed by atoms with van der Waals surface area (Å²) in [5.41, 5.74) is 8.55. The molecule has 0 saturated carbocycles. The van der Waals surface area contributed by atoms with Crippen LogP contribution in [-0.2, 0) is 0 Å². The Bertz CT molecular complexity index is 1260. The molecule has 4 heterocycles. The number of hydrogen-bond acceptors (Lipinski definition) is 7. The fraction of sp³-hybridized carbons (Fsp3) is 0.458. The number of likely N-dealkylation sites (N-methyl/N-ethyl adjacent to an activating group) is 1. The average Bonchev–Trinajstić information content (AvgIpc) is 3.37. The first-order valence-electron chi connectivity index (χ1n) is 11.4. The summed E-state index contributed by atoms with van der Waals surface area (Å²) in [5, 5.41) is 20.8. The number of fused-ring (bicyclic) bond motifs is 2. The van der Waals surface area contributed by atoms with Crippen LogP contribution >= 0.6 is 0 Å². The summed E-state index contributed by atoms with van der Waals surface area (Å²) < 4.78 is 1.84. The Morgan fingerprint density at radius 1 is 1.15 bits per heavy atom.